The molecule has 25 heavy (non-hydrogen) atoms. The maximum absolute atomic E-state index is 12.6. The Kier molecular flexibility index (Phi) is 8.20. The number of hydrogen-bond donors (Lipinski definition) is 2. The summed E-state index contributed by atoms with van der Waals surface area (Å²) in [6.07, 6.45) is -3.76. The molecular weight excluding hydrogens is 341 g/mol. The molecule has 0 aromatic carbocycles. The number of aliphatic hydroxyl groups is 1. The van der Waals surface area contributed by atoms with Crippen molar-refractivity contribution in [2.45, 2.75) is 32.4 Å². The maximum atomic E-state index is 12.6. The van der Waals surface area contributed by atoms with Crippen LogP contribution in [0.1, 0.15) is 31.7 Å². The van der Waals surface area contributed by atoms with Gasteiger partial charge in [0.15, 0.2) is 0 Å². The Morgan fingerprint density at radius 2 is 2.08 bits per heavy atom. The number of ether oxygens (including phenoxy) is 2. The number of halogens is 3. The summed E-state index contributed by atoms with van der Waals surface area (Å²) >= 11 is 0. The SMILES string of the molecule is CCOC(=O)C(=Cc1ccc(OCCCCO)nc1N)CC(F)(F)F. The number of unbranched alkanes of at least 4 members (excludes halogenated alkanes) is 1. The third-order valence-corrected chi connectivity index (χ3v) is 2.99. The number of alkyl halides is 3. The molecule has 0 saturated carbocycles. The van der Waals surface area contributed by atoms with Crippen LogP contribution in [0.15, 0.2) is 17.7 Å². The number of carbonyl (C=O) groups excluding carboxylic acids is 1. The average Bonchev–Trinajstić information content (AvgIpc) is 2.52. The minimum atomic E-state index is -4.56. The summed E-state index contributed by atoms with van der Waals surface area (Å²) in [6, 6.07) is 2.86. The van der Waals surface area contributed by atoms with Gasteiger partial charge in [0.2, 0.25) is 5.88 Å². The number of rotatable bonds is 9. The minimum absolute atomic E-state index is 0.0393. The molecule has 0 atom stereocenters. The number of nitrogens with zero attached hydrogens (tertiary/aromatic N) is 1. The molecule has 0 saturated heterocycles. The largest absolute Gasteiger partial charge is 0.478 e. The first kappa shape index (κ1) is 20.8. The van der Waals surface area contributed by atoms with E-state index < -0.39 is 24.1 Å². The summed E-state index contributed by atoms with van der Waals surface area (Å²) in [5, 5.41) is 8.68. The van der Waals surface area contributed by atoms with E-state index in [2.05, 4.69) is 9.72 Å². The molecule has 0 radical (unpaired) electrons. The lowest BCUT2D eigenvalue weighted by atomic mass is 10.1. The molecule has 140 valence electrons. The highest BCUT2D eigenvalue weighted by Crippen LogP contribution is 2.28. The van der Waals surface area contributed by atoms with Crippen molar-refractivity contribution in [1.82, 2.24) is 4.98 Å². The number of nitrogens with two attached hydrogens (primary N) is 1. The minimum Gasteiger partial charge on any atom is -0.478 e. The molecular formula is C16H21F3N2O4. The van der Waals surface area contributed by atoms with E-state index in [0.717, 1.165) is 6.08 Å². The van der Waals surface area contributed by atoms with E-state index in [1.165, 1.54) is 19.1 Å². The summed E-state index contributed by atoms with van der Waals surface area (Å²) in [5.41, 5.74) is 5.33. The number of aliphatic hydroxyl groups excluding tert-OH is 1. The van der Waals surface area contributed by atoms with E-state index in [-0.39, 0.29) is 30.5 Å². The van der Waals surface area contributed by atoms with Crippen LogP contribution in [-0.4, -0.2) is 42.1 Å². The smallest absolute Gasteiger partial charge is 0.393 e. The average molecular weight is 362 g/mol. The number of aromatic nitrogens is 1. The Labute approximate surface area is 143 Å². The first-order valence-corrected chi connectivity index (χ1v) is 7.71. The Hall–Kier alpha value is -2.29. The highest BCUT2D eigenvalue weighted by Gasteiger charge is 2.32. The van der Waals surface area contributed by atoms with Gasteiger partial charge in [0.25, 0.3) is 0 Å². The Balaban J connectivity index is 2.94. The molecule has 0 spiro atoms. The molecule has 0 fully saturated rings. The zero-order valence-electron chi connectivity index (χ0n) is 13.8. The van der Waals surface area contributed by atoms with Gasteiger partial charge in [0, 0.05) is 23.8 Å². The number of hydrogen-bond acceptors (Lipinski definition) is 6. The van der Waals surface area contributed by atoms with Crippen molar-refractivity contribution >= 4 is 17.9 Å². The number of esters is 1. The second-order valence-corrected chi connectivity index (χ2v) is 5.09. The van der Waals surface area contributed by atoms with E-state index in [0.29, 0.717) is 19.4 Å². The van der Waals surface area contributed by atoms with E-state index >= 15 is 0 Å². The van der Waals surface area contributed by atoms with Crippen LogP contribution >= 0.6 is 0 Å². The molecule has 0 aliphatic rings. The highest BCUT2D eigenvalue weighted by atomic mass is 19.4. The van der Waals surface area contributed by atoms with Gasteiger partial charge >= 0.3 is 12.1 Å². The van der Waals surface area contributed by atoms with Crippen molar-refractivity contribution in [3.05, 3.63) is 23.3 Å². The molecule has 0 aliphatic carbocycles. The van der Waals surface area contributed by atoms with Crippen LogP contribution in [0.25, 0.3) is 6.08 Å². The van der Waals surface area contributed by atoms with E-state index in [1.807, 2.05) is 0 Å². The van der Waals surface area contributed by atoms with Gasteiger partial charge < -0.3 is 20.3 Å². The monoisotopic (exact) mass is 362 g/mol. The van der Waals surface area contributed by atoms with Crippen LogP contribution in [0.4, 0.5) is 19.0 Å². The van der Waals surface area contributed by atoms with Gasteiger partial charge in [-0.1, -0.05) is 0 Å². The molecule has 0 unspecified atom stereocenters. The van der Waals surface area contributed by atoms with Crippen LogP contribution in [0.5, 0.6) is 5.88 Å². The highest BCUT2D eigenvalue weighted by molar-refractivity contribution is 5.94. The van der Waals surface area contributed by atoms with Gasteiger partial charge in [0.1, 0.15) is 5.82 Å². The maximum Gasteiger partial charge on any atom is 0.393 e. The van der Waals surface area contributed by atoms with Crippen molar-refractivity contribution in [3.8, 4) is 5.88 Å². The molecule has 1 aromatic rings. The van der Waals surface area contributed by atoms with E-state index in [4.69, 9.17) is 15.6 Å². The van der Waals surface area contributed by atoms with Crippen molar-refractivity contribution in [3.63, 3.8) is 0 Å². The van der Waals surface area contributed by atoms with Crippen molar-refractivity contribution < 1.29 is 32.5 Å². The predicted molar refractivity (Wildman–Crippen MR) is 85.7 cm³/mol. The fourth-order valence-corrected chi connectivity index (χ4v) is 1.87. The molecule has 1 heterocycles. The number of pyridine rings is 1. The lowest BCUT2D eigenvalue weighted by Crippen LogP contribution is -2.16. The second-order valence-electron chi connectivity index (χ2n) is 5.09. The third kappa shape index (κ3) is 7.88. The standard InChI is InChI=1S/C16H21F3N2O4/c1-2-24-15(23)12(10-16(17,18)19)9-11-5-6-13(21-14(11)20)25-8-4-3-7-22/h5-6,9,22H,2-4,7-8,10H2,1H3,(H2,20,21). The Morgan fingerprint density at radius 1 is 1.36 bits per heavy atom. The van der Waals surface area contributed by atoms with E-state index in [1.54, 1.807) is 0 Å². The quantitative estimate of drug-likeness (QED) is 0.398. The lowest BCUT2D eigenvalue weighted by molar-refractivity contribution is -0.146. The lowest BCUT2D eigenvalue weighted by Gasteiger charge is -2.11. The summed E-state index contributed by atoms with van der Waals surface area (Å²) in [5.74, 6) is -0.909. The molecule has 9 heteroatoms. The fourth-order valence-electron chi connectivity index (χ4n) is 1.87. The zero-order chi connectivity index (χ0) is 18.9. The summed E-state index contributed by atoms with van der Waals surface area (Å²) in [4.78, 5) is 15.7. The Bertz CT molecular complexity index is 604. The van der Waals surface area contributed by atoms with Crippen molar-refractivity contribution in [2.24, 2.45) is 0 Å². The molecule has 1 rings (SSSR count). The van der Waals surface area contributed by atoms with Gasteiger partial charge in [-0.2, -0.15) is 18.2 Å². The summed E-state index contributed by atoms with van der Waals surface area (Å²) in [6.45, 7) is 1.84. The second kappa shape index (κ2) is 9.87. The molecule has 0 bridgehead atoms. The molecule has 6 nitrogen and oxygen atoms in total. The first-order chi connectivity index (χ1) is 11.8. The van der Waals surface area contributed by atoms with Crippen LogP contribution in [0.2, 0.25) is 0 Å². The number of carbonyl (C=O) groups is 1. The first-order valence-electron chi connectivity index (χ1n) is 7.71. The molecule has 1 aromatic heterocycles. The normalized spacial score (nSPS) is 12.1. The Morgan fingerprint density at radius 3 is 2.64 bits per heavy atom. The molecule has 0 amide bonds. The summed E-state index contributed by atoms with van der Waals surface area (Å²) in [7, 11) is 0. The van der Waals surface area contributed by atoms with Crippen LogP contribution in [0, 0.1) is 0 Å². The molecule has 3 N–H and O–H groups in total. The van der Waals surface area contributed by atoms with Gasteiger partial charge in [0.05, 0.1) is 19.6 Å². The van der Waals surface area contributed by atoms with Gasteiger partial charge in [-0.15, -0.1) is 0 Å². The fraction of sp³-hybridized carbons (Fsp3) is 0.500. The number of anilines is 1. The number of nitrogen functional groups attached to an aromatic ring is 1. The van der Waals surface area contributed by atoms with Crippen molar-refractivity contribution in [2.75, 3.05) is 25.6 Å². The van der Waals surface area contributed by atoms with Gasteiger partial charge in [-0.05, 0) is 31.9 Å². The van der Waals surface area contributed by atoms with Crippen molar-refractivity contribution in [1.29, 1.82) is 0 Å². The van der Waals surface area contributed by atoms with Crippen LogP contribution in [-0.2, 0) is 9.53 Å². The van der Waals surface area contributed by atoms with Crippen LogP contribution in [0.3, 0.4) is 0 Å². The van der Waals surface area contributed by atoms with Gasteiger partial charge in [-0.3, -0.25) is 0 Å². The summed E-state index contributed by atoms with van der Waals surface area (Å²) < 4.78 is 47.9. The van der Waals surface area contributed by atoms with Crippen LogP contribution < -0.4 is 10.5 Å². The zero-order valence-corrected chi connectivity index (χ0v) is 13.8. The molecule has 0 aliphatic heterocycles. The van der Waals surface area contributed by atoms with E-state index in [9.17, 15) is 18.0 Å². The third-order valence-electron chi connectivity index (χ3n) is 2.99. The van der Waals surface area contributed by atoms with Gasteiger partial charge in [-0.25, -0.2) is 4.79 Å². The predicted octanol–water partition coefficient (Wildman–Crippen LogP) is 2.71. The topological polar surface area (TPSA) is 94.7 Å².